The molecule has 2 aliphatic carbocycles. The van der Waals surface area contributed by atoms with Crippen LogP contribution in [0.4, 0.5) is 15.3 Å². The van der Waals surface area contributed by atoms with Crippen LogP contribution in [-0.4, -0.2) is 108 Å². The molecule has 3 aliphatic rings. The molecule has 6 atom stereocenters. The summed E-state index contributed by atoms with van der Waals surface area (Å²) in [5.74, 6) is -5.40. The van der Waals surface area contributed by atoms with Gasteiger partial charge in [-0.05, 0) is 108 Å². The van der Waals surface area contributed by atoms with Gasteiger partial charge in [-0.25, -0.2) is 9.59 Å². The highest BCUT2D eigenvalue weighted by Crippen LogP contribution is 2.46. The lowest BCUT2D eigenvalue weighted by atomic mass is 9.79. The molecule has 0 saturated carbocycles. The number of carbonyl (C=O) groups is 8. The maximum Gasteiger partial charge on any atom is 0.494 e. The van der Waals surface area contributed by atoms with E-state index < -0.39 is 72.3 Å². The van der Waals surface area contributed by atoms with Crippen LogP contribution < -0.4 is 27.1 Å². The van der Waals surface area contributed by atoms with Gasteiger partial charge in [0.15, 0.2) is 11.6 Å². The van der Waals surface area contributed by atoms with Gasteiger partial charge in [-0.1, -0.05) is 172 Å². The van der Waals surface area contributed by atoms with Crippen molar-refractivity contribution in [3.63, 3.8) is 0 Å². The summed E-state index contributed by atoms with van der Waals surface area (Å²) in [4.78, 5) is 97.3. The highest BCUT2D eigenvalue weighted by molar-refractivity contribution is 6.62. The van der Waals surface area contributed by atoms with Gasteiger partial charge in [-0.3, -0.25) is 28.8 Å². The number of carboxylic acids is 2. The van der Waals surface area contributed by atoms with E-state index in [-0.39, 0.29) is 91.2 Å². The lowest BCUT2D eigenvalue weighted by Gasteiger charge is -2.32. The summed E-state index contributed by atoms with van der Waals surface area (Å²) in [6.45, 7) is 24.5. The summed E-state index contributed by atoms with van der Waals surface area (Å²) in [7, 11) is -0.492. The van der Waals surface area contributed by atoms with Crippen molar-refractivity contribution in [2.75, 3.05) is 25.1 Å². The second-order valence-electron chi connectivity index (χ2n) is 25.6. The zero-order valence-corrected chi connectivity index (χ0v) is 53.6. The number of carbonyl (C=O) groups excluding carboxylic acids is 6. The number of aliphatic carboxylic acids is 2. The van der Waals surface area contributed by atoms with Crippen LogP contribution in [0.1, 0.15) is 143 Å². The molecule has 0 bridgehead atoms. The minimum Gasteiger partial charge on any atom is -0.481 e. The quantitative estimate of drug-likeness (QED) is 0.0313. The van der Waals surface area contributed by atoms with E-state index in [1.165, 1.54) is 13.8 Å². The van der Waals surface area contributed by atoms with Crippen LogP contribution in [0.15, 0.2) is 121 Å². The molecule has 5 aromatic carbocycles. The number of ether oxygens (including phenoxy) is 2. The maximum atomic E-state index is 13.3. The zero-order valence-electron chi connectivity index (χ0n) is 53.6. The van der Waals surface area contributed by atoms with Crippen molar-refractivity contribution in [3.8, 4) is 22.3 Å². The number of hydrogen-bond donors (Lipinski definition) is 6. The molecule has 1 fully saturated rings. The Labute approximate surface area is 523 Å². The minimum atomic E-state index is -1.04. The Hall–Kier alpha value is -8.00. The van der Waals surface area contributed by atoms with Crippen molar-refractivity contribution in [2.24, 2.45) is 47.2 Å². The van der Waals surface area contributed by atoms with Crippen molar-refractivity contribution in [1.29, 1.82) is 0 Å². The largest absolute Gasteiger partial charge is 0.494 e. The van der Waals surface area contributed by atoms with E-state index in [1.54, 1.807) is 32.9 Å². The van der Waals surface area contributed by atoms with E-state index in [2.05, 4.69) is 52.3 Å². The Bertz CT molecular complexity index is 3220. The number of alkyl carbamates (subject to hydrolysis) is 2. The lowest BCUT2D eigenvalue weighted by molar-refractivity contribution is -0.144. The van der Waals surface area contributed by atoms with Crippen LogP contribution in [0.5, 0.6) is 0 Å². The van der Waals surface area contributed by atoms with Gasteiger partial charge in [-0.15, -0.1) is 0 Å². The van der Waals surface area contributed by atoms with Crippen LogP contribution in [0.2, 0.25) is 0 Å². The van der Waals surface area contributed by atoms with Gasteiger partial charge in [0.1, 0.15) is 19.0 Å². The second kappa shape index (κ2) is 31.0. The Morgan fingerprint density at radius 2 is 0.831 bits per heavy atom. The molecule has 7 N–H and O–H groups in total. The van der Waals surface area contributed by atoms with Crippen molar-refractivity contribution in [1.82, 2.24) is 10.6 Å². The third-order valence-electron chi connectivity index (χ3n) is 17.2. The Morgan fingerprint density at radius 1 is 0.494 bits per heavy atom. The van der Waals surface area contributed by atoms with Crippen molar-refractivity contribution >= 4 is 65.7 Å². The topological polar surface area (TPSA) is 276 Å². The summed E-state index contributed by atoms with van der Waals surface area (Å²) in [6, 6.07) is 38.1. The molecule has 19 heteroatoms. The highest BCUT2D eigenvalue weighted by Gasteiger charge is 2.51. The number of rotatable bonds is 24. The molecule has 1 aliphatic heterocycles. The first kappa shape index (κ1) is 70.1. The average Bonchev–Trinajstić information content (AvgIpc) is 1.73. The first-order chi connectivity index (χ1) is 42.0. The summed E-state index contributed by atoms with van der Waals surface area (Å²) in [5, 5.41) is 26.0. The summed E-state index contributed by atoms with van der Waals surface area (Å²) in [6.07, 6.45) is -1.41. The monoisotopic (exact) mass is 1220 g/mol. The number of benzene rings is 5. The first-order valence-corrected chi connectivity index (χ1v) is 30.7. The highest BCUT2D eigenvalue weighted by atomic mass is 16.7. The van der Waals surface area contributed by atoms with E-state index in [9.17, 15) is 38.4 Å². The molecule has 1 saturated heterocycles. The standard InChI is InChI=1S/C36H43BN2O6.C24H27NO5.C10H19NO3/c1-22(2)32(39-34(42)43-21-30-28-14-10-8-12-26(28)27-13-9-11-15-29(27)30)31(40)20-23(3)33(41)38-25-18-16-24(17-19-25)37-44-35(4,5)36(6,7)45-37;1-14(2)22(21(26)12-15(3)23(27)28)25-24(29)30-13-20-18-10-6-4-8-16(18)17-9-5-7-11-19(17)20;1-6(2)8(5-11)9(12)4-7(3)10(13)14/h8-19,22-23,30,32H,20-21H2,1-7H3,(H,38,41)(H,39,42);4-11,14-15,20,22H,12-13H2,1-3H3,(H,25,29)(H,27,28);6-8H,4-5,11H2,1-3H3,(H,13,14)/t23-,32+;15-,22+;7-,8+/m111/s1. The molecule has 89 heavy (non-hydrogen) atoms. The number of amides is 3. The van der Waals surface area contributed by atoms with Gasteiger partial charge in [0.05, 0.1) is 35.1 Å². The smallest absolute Gasteiger partial charge is 0.481 e. The number of nitrogens with two attached hydrogens (primary N) is 1. The SMILES string of the molecule is CC(C)[C@H](CN)C(=O)C[C@@H](C)C(=O)O.CC(C)[C@H](NC(=O)OCC1c2ccccc2-c2ccccc21)C(=O)C[C@@H](C)C(=O)Nc1ccc(B2OC(C)(C)C(C)(C)O2)cc1.CC(C)[C@H](NC(=O)OCC1c2ccccc2-c2ccccc21)C(=O)C[C@@H](C)C(=O)O. The third-order valence-corrected chi connectivity index (χ3v) is 17.2. The summed E-state index contributed by atoms with van der Waals surface area (Å²) >= 11 is 0. The maximum absolute atomic E-state index is 13.3. The average molecular weight is 1220 g/mol. The number of anilines is 1. The summed E-state index contributed by atoms with van der Waals surface area (Å²) in [5.41, 5.74) is 15.1. The molecule has 0 spiro atoms. The molecular formula is C70H89BN4O14. The zero-order chi connectivity index (χ0) is 65.7. The molecule has 0 aromatic heterocycles. The van der Waals surface area contributed by atoms with Gasteiger partial charge in [-0.2, -0.15) is 0 Å². The lowest BCUT2D eigenvalue weighted by Crippen LogP contribution is -2.45. The Balaban J connectivity index is 0.000000246. The molecule has 0 unspecified atom stereocenters. The predicted octanol–water partition coefficient (Wildman–Crippen LogP) is 11.2. The Morgan fingerprint density at radius 3 is 1.16 bits per heavy atom. The number of fused-ring (bicyclic) bond motifs is 6. The number of Topliss-reactive ketones (excluding diaryl/α,β-unsaturated/α-hetero) is 3. The predicted molar refractivity (Wildman–Crippen MR) is 343 cm³/mol. The first-order valence-electron chi connectivity index (χ1n) is 30.7. The number of hydrogen-bond acceptors (Lipinski definition) is 13. The van der Waals surface area contributed by atoms with Crippen LogP contribution >= 0.6 is 0 Å². The minimum absolute atomic E-state index is 0.0235. The van der Waals surface area contributed by atoms with E-state index >= 15 is 0 Å². The Kier molecular flexibility index (Phi) is 24.4. The number of ketones is 3. The van der Waals surface area contributed by atoms with Crippen LogP contribution in [0.3, 0.4) is 0 Å². The summed E-state index contributed by atoms with van der Waals surface area (Å²) < 4.78 is 23.4. The molecule has 1 heterocycles. The van der Waals surface area contributed by atoms with Crippen molar-refractivity contribution in [2.45, 2.75) is 144 Å². The number of carboxylic acid groups (broad SMARTS) is 2. The fraction of sp³-hybridized carbons (Fsp3) is 0.457. The van der Waals surface area contributed by atoms with E-state index in [4.69, 9.17) is 34.7 Å². The fourth-order valence-corrected chi connectivity index (χ4v) is 11.1. The van der Waals surface area contributed by atoms with Gasteiger partial charge < -0.3 is 50.7 Å². The molecular weight excluding hydrogens is 1130 g/mol. The van der Waals surface area contributed by atoms with E-state index in [1.807, 2.05) is 128 Å². The van der Waals surface area contributed by atoms with Crippen LogP contribution in [0.25, 0.3) is 22.3 Å². The van der Waals surface area contributed by atoms with Gasteiger partial charge in [0, 0.05) is 55.2 Å². The molecule has 0 radical (unpaired) electrons. The molecule has 5 aromatic rings. The van der Waals surface area contributed by atoms with Gasteiger partial charge in [0.25, 0.3) is 0 Å². The van der Waals surface area contributed by atoms with Gasteiger partial charge in [0.2, 0.25) is 5.91 Å². The molecule has 3 amide bonds. The second-order valence-corrected chi connectivity index (χ2v) is 25.6. The third kappa shape index (κ3) is 17.9. The van der Waals surface area contributed by atoms with Crippen molar-refractivity contribution < 1.29 is 67.4 Å². The van der Waals surface area contributed by atoms with Crippen molar-refractivity contribution in [3.05, 3.63) is 144 Å². The molecule has 8 rings (SSSR count). The van der Waals surface area contributed by atoms with Crippen LogP contribution in [-0.2, 0) is 47.5 Å². The number of nitrogens with one attached hydrogen (secondary N) is 3. The van der Waals surface area contributed by atoms with Gasteiger partial charge >= 0.3 is 31.2 Å². The molecule has 18 nitrogen and oxygen atoms in total. The van der Waals surface area contributed by atoms with E-state index in [0.717, 1.165) is 50.0 Å². The van der Waals surface area contributed by atoms with Crippen LogP contribution in [0, 0.1) is 41.4 Å². The fourth-order valence-electron chi connectivity index (χ4n) is 11.1. The molecule has 476 valence electrons. The van der Waals surface area contributed by atoms with E-state index in [0.29, 0.717) is 12.2 Å². The normalized spacial score (nSPS) is 16.3.